The number of hydrogen-bond donors (Lipinski definition) is 2. The van der Waals surface area contributed by atoms with Crippen LogP contribution in [0.3, 0.4) is 0 Å². The van der Waals surface area contributed by atoms with Gasteiger partial charge in [-0.2, -0.15) is 5.10 Å². The van der Waals surface area contributed by atoms with Crippen LogP contribution < -0.4 is 5.32 Å². The van der Waals surface area contributed by atoms with E-state index in [1.54, 1.807) is 4.57 Å². The van der Waals surface area contributed by atoms with Gasteiger partial charge in [0, 0.05) is 12.1 Å². The van der Waals surface area contributed by atoms with E-state index in [4.69, 9.17) is 12.2 Å². The maximum atomic E-state index is 13.5. The quantitative estimate of drug-likeness (QED) is 0.507. The van der Waals surface area contributed by atoms with Gasteiger partial charge in [-0.25, -0.2) is 17.6 Å². The summed E-state index contributed by atoms with van der Waals surface area (Å²) in [7, 11) is 0. The Balaban J connectivity index is 2.27. The van der Waals surface area contributed by atoms with Gasteiger partial charge in [0.05, 0.1) is 6.54 Å². The van der Waals surface area contributed by atoms with Crippen molar-refractivity contribution in [1.82, 2.24) is 20.1 Å². The molecule has 0 aliphatic heterocycles. The van der Waals surface area contributed by atoms with Crippen molar-refractivity contribution in [2.45, 2.75) is 26.4 Å². The summed E-state index contributed by atoms with van der Waals surface area (Å²) in [5.74, 6) is -7.83. The summed E-state index contributed by atoms with van der Waals surface area (Å²) >= 11 is 5.01. The van der Waals surface area contributed by atoms with Crippen molar-refractivity contribution in [2.75, 3.05) is 0 Å². The van der Waals surface area contributed by atoms with Crippen LogP contribution in [0.15, 0.2) is 6.07 Å². The van der Waals surface area contributed by atoms with Crippen LogP contribution in [-0.4, -0.2) is 20.7 Å². The van der Waals surface area contributed by atoms with E-state index in [9.17, 15) is 22.4 Å². The first-order chi connectivity index (χ1) is 10.7. The van der Waals surface area contributed by atoms with Gasteiger partial charge in [-0.05, 0) is 26.1 Å². The van der Waals surface area contributed by atoms with E-state index < -0.39 is 34.7 Å². The molecule has 0 aliphatic carbocycles. The molecule has 0 radical (unpaired) electrons. The van der Waals surface area contributed by atoms with Crippen LogP contribution >= 0.6 is 12.2 Å². The molecule has 0 atom stereocenters. The van der Waals surface area contributed by atoms with Crippen molar-refractivity contribution < 1.29 is 22.4 Å². The molecule has 0 saturated carbocycles. The maximum Gasteiger partial charge on any atom is 0.257 e. The summed E-state index contributed by atoms with van der Waals surface area (Å²) in [6, 6.07) is -0.0426. The molecule has 1 aromatic carbocycles. The lowest BCUT2D eigenvalue weighted by atomic mass is 10.1. The average Bonchev–Trinajstić information content (AvgIpc) is 2.84. The summed E-state index contributed by atoms with van der Waals surface area (Å²) < 4.78 is 55.2. The van der Waals surface area contributed by atoms with Crippen LogP contribution in [0.1, 0.15) is 36.1 Å². The Morgan fingerprint density at radius 3 is 2.39 bits per heavy atom. The van der Waals surface area contributed by atoms with E-state index in [0.717, 1.165) is 0 Å². The Morgan fingerprint density at radius 1 is 1.30 bits per heavy atom. The standard InChI is InChI=1S/C13H12F4N4OS/c1-5(2)21-8(19-20-13(21)23)4-18-12(22)9-10(16)6(14)3-7(15)11(9)17/h3,5H,4H2,1-2H3,(H,18,22)(H,20,23). The molecule has 0 spiro atoms. The first-order valence-corrected chi connectivity index (χ1v) is 6.91. The number of nitrogens with one attached hydrogen (secondary N) is 2. The number of nitrogens with zero attached hydrogens (tertiary/aromatic N) is 2. The first-order valence-electron chi connectivity index (χ1n) is 6.51. The molecule has 2 aromatic rings. The fraction of sp³-hybridized carbons (Fsp3) is 0.308. The Bertz CT molecular complexity index is 789. The second-order valence-corrected chi connectivity index (χ2v) is 5.32. The van der Waals surface area contributed by atoms with Gasteiger partial charge < -0.3 is 9.88 Å². The van der Waals surface area contributed by atoms with Crippen molar-refractivity contribution >= 4 is 18.1 Å². The first kappa shape index (κ1) is 17.1. The monoisotopic (exact) mass is 348 g/mol. The van der Waals surface area contributed by atoms with Gasteiger partial charge in [-0.3, -0.25) is 9.89 Å². The molecule has 1 amide bonds. The number of carbonyl (C=O) groups excluding carboxylic acids is 1. The predicted octanol–water partition coefficient (Wildman–Crippen LogP) is 3.01. The molecule has 2 rings (SSSR count). The molecular formula is C13H12F4N4OS. The number of aromatic nitrogens is 3. The fourth-order valence-corrected chi connectivity index (χ4v) is 2.38. The zero-order valence-corrected chi connectivity index (χ0v) is 12.9. The SMILES string of the molecule is CC(C)n1c(CNC(=O)c2c(F)c(F)cc(F)c2F)n[nH]c1=S. The Labute approximate surface area is 133 Å². The third-order valence-corrected chi connectivity index (χ3v) is 3.33. The Morgan fingerprint density at radius 2 is 1.87 bits per heavy atom. The second kappa shape index (κ2) is 6.49. The summed E-state index contributed by atoms with van der Waals surface area (Å²) in [6.45, 7) is 3.40. The third kappa shape index (κ3) is 3.26. The van der Waals surface area contributed by atoms with E-state index in [2.05, 4.69) is 15.5 Å². The van der Waals surface area contributed by atoms with Crippen molar-refractivity contribution in [3.63, 3.8) is 0 Å². The highest BCUT2D eigenvalue weighted by molar-refractivity contribution is 7.71. The van der Waals surface area contributed by atoms with Crippen LogP contribution in [0.25, 0.3) is 0 Å². The van der Waals surface area contributed by atoms with Gasteiger partial charge in [0.2, 0.25) is 0 Å². The molecule has 124 valence electrons. The molecule has 2 N–H and O–H groups in total. The minimum atomic E-state index is -1.76. The van der Waals surface area contributed by atoms with Crippen LogP contribution in [0.2, 0.25) is 0 Å². The van der Waals surface area contributed by atoms with Crippen molar-refractivity contribution in [3.8, 4) is 0 Å². The lowest BCUT2D eigenvalue weighted by Crippen LogP contribution is -2.27. The zero-order valence-electron chi connectivity index (χ0n) is 12.1. The van der Waals surface area contributed by atoms with E-state index in [1.165, 1.54) is 0 Å². The van der Waals surface area contributed by atoms with Gasteiger partial charge in [-0.15, -0.1) is 0 Å². The van der Waals surface area contributed by atoms with Crippen molar-refractivity contribution in [1.29, 1.82) is 0 Å². The highest BCUT2D eigenvalue weighted by Gasteiger charge is 2.25. The minimum absolute atomic E-state index is 0.0331. The number of amides is 1. The molecule has 5 nitrogen and oxygen atoms in total. The summed E-state index contributed by atoms with van der Waals surface area (Å²) in [6.07, 6.45) is 0. The summed E-state index contributed by atoms with van der Waals surface area (Å²) in [5.41, 5.74) is -1.33. The van der Waals surface area contributed by atoms with E-state index >= 15 is 0 Å². The normalized spacial score (nSPS) is 11.1. The molecule has 0 fully saturated rings. The second-order valence-electron chi connectivity index (χ2n) is 4.93. The van der Waals surface area contributed by atoms with Crippen LogP contribution in [-0.2, 0) is 6.54 Å². The number of hydrogen-bond acceptors (Lipinski definition) is 3. The lowest BCUT2D eigenvalue weighted by Gasteiger charge is -2.11. The van der Waals surface area contributed by atoms with E-state index in [-0.39, 0.29) is 18.7 Å². The Hall–Kier alpha value is -2.23. The highest BCUT2D eigenvalue weighted by Crippen LogP contribution is 2.19. The number of aromatic amines is 1. The molecule has 0 bridgehead atoms. The molecule has 0 saturated heterocycles. The van der Waals surface area contributed by atoms with Gasteiger partial charge in [0.25, 0.3) is 5.91 Å². The molecule has 10 heteroatoms. The molecular weight excluding hydrogens is 336 g/mol. The Kier molecular flexibility index (Phi) is 4.83. The van der Waals surface area contributed by atoms with Crippen molar-refractivity contribution in [2.24, 2.45) is 0 Å². The predicted molar refractivity (Wildman–Crippen MR) is 75.2 cm³/mol. The number of halogens is 4. The number of H-pyrrole nitrogens is 1. The summed E-state index contributed by atoms with van der Waals surface area (Å²) in [4.78, 5) is 11.9. The van der Waals surface area contributed by atoms with Gasteiger partial charge in [-0.1, -0.05) is 0 Å². The molecule has 0 unspecified atom stereocenters. The molecule has 23 heavy (non-hydrogen) atoms. The average molecular weight is 348 g/mol. The smallest absolute Gasteiger partial charge is 0.257 e. The van der Waals surface area contributed by atoms with Crippen LogP contribution in [0.5, 0.6) is 0 Å². The number of rotatable bonds is 4. The van der Waals surface area contributed by atoms with Crippen LogP contribution in [0, 0.1) is 28.0 Å². The number of carbonyl (C=O) groups is 1. The third-order valence-electron chi connectivity index (χ3n) is 3.04. The van der Waals surface area contributed by atoms with Gasteiger partial charge in [0.15, 0.2) is 33.9 Å². The minimum Gasteiger partial charge on any atom is -0.345 e. The van der Waals surface area contributed by atoms with Gasteiger partial charge in [0.1, 0.15) is 5.56 Å². The van der Waals surface area contributed by atoms with Gasteiger partial charge >= 0.3 is 0 Å². The maximum absolute atomic E-state index is 13.5. The molecule has 1 aromatic heterocycles. The summed E-state index contributed by atoms with van der Waals surface area (Å²) in [5, 5.41) is 8.56. The van der Waals surface area contributed by atoms with Crippen LogP contribution in [0.4, 0.5) is 17.6 Å². The highest BCUT2D eigenvalue weighted by atomic mass is 32.1. The number of benzene rings is 1. The fourth-order valence-electron chi connectivity index (χ4n) is 2.01. The van der Waals surface area contributed by atoms with E-state index in [0.29, 0.717) is 10.6 Å². The largest absolute Gasteiger partial charge is 0.345 e. The topological polar surface area (TPSA) is 62.7 Å². The van der Waals surface area contributed by atoms with Crippen molar-refractivity contribution in [3.05, 3.63) is 45.5 Å². The lowest BCUT2D eigenvalue weighted by molar-refractivity contribution is 0.0938. The van der Waals surface area contributed by atoms with E-state index in [1.807, 2.05) is 13.8 Å². The zero-order chi connectivity index (χ0) is 17.3. The molecule has 1 heterocycles. The molecule has 0 aliphatic rings.